The van der Waals surface area contributed by atoms with Gasteiger partial charge in [-0.05, 0) is 57.5 Å². The Bertz CT molecular complexity index is 497. The Labute approximate surface area is 131 Å². The molecule has 0 aromatic heterocycles. The molecule has 1 fully saturated rings. The van der Waals surface area contributed by atoms with Crippen LogP contribution in [0.2, 0.25) is 10.0 Å². The maximum atomic E-state index is 13.0. The summed E-state index contributed by atoms with van der Waals surface area (Å²) in [6.07, 6.45) is 4.20. The molecule has 0 aliphatic carbocycles. The van der Waals surface area contributed by atoms with Crippen molar-refractivity contribution in [1.82, 2.24) is 4.90 Å². The molecule has 0 amide bonds. The van der Waals surface area contributed by atoms with Gasteiger partial charge in [-0.2, -0.15) is 0 Å². The lowest BCUT2D eigenvalue weighted by atomic mass is 9.85. The second-order valence-electron chi connectivity index (χ2n) is 5.68. The van der Waals surface area contributed by atoms with E-state index in [4.69, 9.17) is 23.2 Å². The molecule has 110 valence electrons. The molecule has 1 aliphatic rings. The quantitative estimate of drug-likeness (QED) is 0.726. The van der Waals surface area contributed by atoms with Gasteiger partial charge < -0.3 is 0 Å². The minimum absolute atomic E-state index is 0.153. The minimum atomic E-state index is -0.428. The first-order valence-electron chi connectivity index (χ1n) is 7.24. The first-order chi connectivity index (χ1) is 9.49. The van der Waals surface area contributed by atoms with Gasteiger partial charge in [0.05, 0.1) is 15.6 Å². The van der Waals surface area contributed by atoms with Gasteiger partial charge in [0, 0.05) is 5.56 Å². The molecule has 1 atom stereocenters. The van der Waals surface area contributed by atoms with Crippen molar-refractivity contribution in [2.75, 3.05) is 13.1 Å². The van der Waals surface area contributed by atoms with Gasteiger partial charge in [0.2, 0.25) is 0 Å². The molecule has 2 nitrogen and oxygen atoms in total. The number of benzene rings is 1. The van der Waals surface area contributed by atoms with Gasteiger partial charge in [-0.25, -0.2) is 0 Å². The lowest BCUT2D eigenvalue weighted by Crippen LogP contribution is -2.51. The minimum Gasteiger partial charge on any atom is -0.292 e. The third-order valence-corrected chi connectivity index (χ3v) is 4.95. The van der Waals surface area contributed by atoms with Crippen LogP contribution < -0.4 is 0 Å². The summed E-state index contributed by atoms with van der Waals surface area (Å²) in [5, 5.41) is 0.930. The van der Waals surface area contributed by atoms with Crippen molar-refractivity contribution in [3.8, 4) is 0 Å². The summed E-state index contributed by atoms with van der Waals surface area (Å²) in [6, 6.07) is 5.17. The van der Waals surface area contributed by atoms with Gasteiger partial charge in [-0.3, -0.25) is 9.69 Å². The molecule has 20 heavy (non-hydrogen) atoms. The molecule has 0 N–H and O–H groups in total. The number of rotatable bonds is 5. The molecule has 4 heteroatoms. The van der Waals surface area contributed by atoms with Crippen molar-refractivity contribution < 1.29 is 4.79 Å². The first kappa shape index (κ1) is 15.8. The number of halogens is 2. The third kappa shape index (κ3) is 3.03. The van der Waals surface area contributed by atoms with E-state index in [0.29, 0.717) is 15.6 Å². The van der Waals surface area contributed by atoms with Crippen LogP contribution >= 0.6 is 23.2 Å². The van der Waals surface area contributed by atoms with Crippen molar-refractivity contribution in [1.29, 1.82) is 0 Å². The van der Waals surface area contributed by atoms with Crippen LogP contribution in [0.15, 0.2) is 18.2 Å². The number of ketones is 1. The smallest absolute Gasteiger partial charge is 0.182 e. The summed E-state index contributed by atoms with van der Waals surface area (Å²) < 4.78 is 0. The molecule has 0 bridgehead atoms. The van der Waals surface area contributed by atoms with Crippen molar-refractivity contribution >= 4 is 29.0 Å². The van der Waals surface area contributed by atoms with E-state index in [2.05, 4.69) is 18.7 Å². The van der Waals surface area contributed by atoms with E-state index in [1.165, 1.54) is 12.8 Å². The molecule has 1 heterocycles. The van der Waals surface area contributed by atoms with Crippen LogP contribution in [-0.4, -0.2) is 29.3 Å². The Hall–Kier alpha value is -0.570. The van der Waals surface area contributed by atoms with Crippen LogP contribution in [0.4, 0.5) is 0 Å². The van der Waals surface area contributed by atoms with Crippen LogP contribution in [0.25, 0.3) is 0 Å². The largest absolute Gasteiger partial charge is 0.292 e. The van der Waals surface area contributed by atoms with Crippen molar-refractivity contribution in [2.45, 2.75) is 45.1 Å². The molecule has 1 saturated heterocycles. The number of Topliss-reactive ketones (excluding diaryl/α,β-unsaturated/α-hetero) is 1. The standard InChI is InChI=1S/C16H21Cl2NO/c1-3-8-16(2,19-9-4-5-10-19)15(20)12-6-7-13(17)14(18)11-12/h6-7,11H,3-5,8-10H2,1-2H3. The fraction of sp³-hybridized carbons (Fsp3) is 0.562. The summed E-state index contributed by atoms with van der Waals surface area (Å²) in [4.78, 5) is 15.3. The van der Waals surface area contributed by atoms with Crippen molar-refractivity contribution in [3.05, 3.63) is 33.8 Å². The summed E-state index contributed by atoms with van der Waals surface area (Å²) in [5.74, 6) is 0.153. The summed E-state index contributed by atoms with van der Waals surface area (Å²) >= 11 is 12.0. The lowest BCUT2D eigenvalue weighted by molar-refractivity contribution is 0.0631. The van der Waals surface area contributed by atoms with Gasteiger partial charge in [-0.15, -0.1) is 0 Å². The van der Waals surface area contributed by atoms with E-state index >= 15 is 0 Å². The molecule has 1 unspecified atom stereocenters. The molecule has 1 aromatic carbocycles. The molecule has 1 aromatic rings. The fourth-order valence-electron chi connectivity index (χ4n) is 3.06. The normalized spacial score (nSPS) is 19.0. The summed E-state index contributed by atoms with van der Waals surface area (Å²) in [7, 11) is 0. The van der Waals surface area contributed by atoms with Crippen molar-refractivity contribution in [3.63, 3.8) is 0 Å². The molecule has 1 aliphatic heterocycles. The fourth-order valence-corrected chi connectivity index (χ4v) is 3.36. The van der Waals surface area contributed by atoms with Gasteiger partial charge >= 0.3 is 0 Å². The Balaban J connectivity index is 2.32. The van der Waals surface area contributed by atoms with Crippen LogP contribution in [0.3, 0.4) is 0 Å². The highest BCUT2D eigenvalue weighted by Crippen LogP contribution is 2.31. The summed E-state index contributed by atoms with van der Waals surface area (Å²) in [6.45, 7) is 6.19. The Morgan fingerprint density at radius 2 is 1.90 bits per heavy atom. The van der Waals surface area contributed by atoms with Crippen LogP contribution in [-0.2, 0) is 0 Å². The van der Waals surface area contributed by atoms with Crippen LogP contribution in [0.1, 0.15) is 49.9 Å². The van der Waals surface area contributed by atoms with E-state index < -0.39 is 5.54 Å². The average molecular weight is 314 g/mol. The van der Waals surface area contributed by atoms with E-state index in [0.717, 1.165) is 25.9 Å². The third-order valence-electron chi connectivity index (χ3n) is 4.21. The Kier molecular flexibility index (Phi) is 5.11. The molecule has 2 rings (SSSR count). The maximum Gasteiger partial charge on any atom is 0.182 e. The molecule has 0 radical (unpaired) electrons. The first-order valence-corrected chi connectivity index (χ1v) is 7.99. The number of nitrogens with zero attached hydrogens (tertiary/aromatic N) is 1. The Morgan fingerprint density at radius 3 is 2.45 bits per heavy atom. The number of hydrogen-bond donors (Lipinski definition) is 0. The SMILES string of the molecule is CCCC(C)(C(=O)c1ccc(Cl)c(Cl)c1)N1CCCC1. The zero-order valence-corrected chi connectivity index (χ0v) is 13.6. The van der Waals surface area contributed by atoms with Gasteiger partial charge in [0.15, 0.2) is 5.78 Å². The van der Waals surface area contributed by atoms with E-state index in [1.807, 2.05) is 0 Å². The topological polar surface area (TPSA) is 20.3 Å². The van der Waals surface area contributed by atoms with Crippen LogP contribution in [0, 0.1) is 0 Å². The number of carbonyl (C=O) groups excluding carboxylic acids is 1. The van der Waals surface area contributed by atoms with Gasteiger partial charge in [0.25, 0.3) is 0 Å². The Morgan fingerprint density at radius 1 is 1.25 bits per heavy atom. The number of carbonyl (C=O) groups is 1. The maximum absolute atomic E-state index is 13.0. The zero-order chi connectivity index (χ0) is 14.8. The van der Waals surface area contributed by atoms with E-state index in [1.54, 1.807) is 18.2 Å². The van der Waals surface area contributed by atoms with Crippen LogP contribution in [0.5, 0.6) is 0 Å². The molecular weight excluding hydrogens is 293 g/mol. The van der Waals surface area contributed by atoms with E-state index in [9.17, 15) is 4.79 Å². The zero-order valence-electron chi connectivity index (χ0n) is 12.1. The predicted molar refractivity (Wildman–Crippen MR) is 84.9 cm³/mol. The molecule has 0 saturated carbocycles. The van der Waals surface area contributed by atoms with E-state index in [-0.39, 0.29) is 5.78 Å². The highest BCUT2D eigenvalue weighted by molar-refractivity contribution is 6.42. The second-order valence-corrected chi connectivity index (χ2v) is 6.49. The lowest BCUT2D eigenvalue weighted by Gasteiger charge is -2.37. The van der Waals surface area contributed by atoms with Gasteiger partial charge in [-0.1, -0.05) is 36.5 Å². The van der Waals surface area contributed by atoms with Crippen molar-refractivity contribution in [2.24, 2.45) is 0 Å². The molecular formula is C16H21Cl2NO. The number of hydrogen-bond acceptors (Lipinski definition) is 2. The predicted octanol–water partition coefficient (Wildman–Crippen LogP) is 4.83. The highest BCUT2D eigenvalue weighted by atomic mass is 35.5. The summed E-state index contributed by atoms with van der Waals surface area (Å²) in [5.41, 5.74) is 0.227. The molecule has 0 spiro atoms. The van der Waals surface area contributed by atoms with Gasteiger partial charge in [0.1, 0.15) is 0 Å². The highest BCUT2D eigenvalue weighted by Gasteiger charge is 2.40. The second kappa shape index (κ2) is 6.46. The monoisotopic (exact) mass is 313 g/mol. The average Bonchev–Trinajstić information content (AvgIpc) is 2.96. The number of likely N-dealkylation sites (tertiary alicyclic amines) is 1.